The van der Waals surface area contributed by atoms with Crippen molar-refractivity contribution in [3.8, 4) is 0 Å². The number of amides is 3. The highest BCUT2D eigenvalue weighted by atomic mass is 79.9. The number of ether oxygens (including phenoxy) is 1. The predicted octanol–water partition coefficient (Wildman–Crippen LogP) is 4.30. The number of benzene rings is 2. The van der Waals surface area contributed by atoms with Crippen molar-refractivity contribution in [2.45, 2.75) is 26.3 Å². The number of esters is 1. The highest BCUT2D eigenvalue weighted by Gasteiger charge is 2.43. The fraction of sp³-hybridized carbons (Fsp3) is 0.273. The third-order valence-corrected chi connectivity index (χ3v) is 5.46. The topological polar surface area (TPSA) is 92.8 Å². The molecule has 3 rings (SSSR count). The van der Waals surface area contributed by atoms with E-state index in [1.807, 2.05) is 13.8 Å². The summed E-state index contributed by atoms with van der Waals surface area (Å²) in [6.45, 7) is 3.14. The number of rotatable bonds is 7. The van der Waals surface area contributed by atoms with E-state index in [1.54, 1.807) is 42.5 Å². The van der Waals surface area contributed by atoms with Crippen molar-refractivity contribution in [1.82, 2.24) is 4.90 Å². The number of nitrogens with one attached hydrogen (secondary N) is 1. The van der Waals surface area contributed by atoms with Crippen LogP contribution in [0.4, 0.5) is 5.69 Å². The number of hydrogen-bond donors (Lipinski definition) is 1. The Morgan fingerprint density at radius 2 is 1.71 bits per heavy atom. The zero-order valence-corrected chi connectivity index (χ0v) is 19.2. The molecule has 1 atom stereocenters. The Morgan fingerprint density at radius 1 is 1.10 bits per heavy atom. The Kier molecular flexibility index (Phi) is 7.12. The molecule has 1 heterocycles. The van der Waals surface area contributed by atoms with Crippen LogP contribution in [0.2, 0.25) is 5.02 Å². The molecule has 2 aromatic rings. The van der Waals surface area contributed by atoms with Crippen LogP contribution in [0.1, 0.15) is 41.0 Å². The smallest absolute Gasteiger partial charge is 0.329 e. The molecule has 3 amide bonds. The van der Waals surface area contributed by atoms with Gasteiger partial charge >= 0.3 is 5.97 Å². The van der Waals surface area contributed by atoms with Gasteiger partial charge in [-0.3, -0.25) is 19.3 Å². The number of carbonyl (C=O) groups excluding carboxylic acids is 4. The maximum Gasteiger partial charge on any atom is 0.329 e. The first-order valence-corrected chi connectivity index (χ1v) is 10.7. The van der Waals surface area contributed by atoms with Crippen molar-refractivity contribution >= 4 is 56.9 Å². The molecule has 162 valence electrons. The Balaban J connectivity index is 1.70. The third kappa shape index (κ3) is 5.14. The molecular weight excluding hydrogens is 488 g/mol. The summed E-state index contributed by atoms with van der Waals surface area (Å²) in [5, 5.41) is 2.87. The molecule has 1 aliphatic rings. The first kappa shape index (κ1) is 23.0. The number of hydrogen-bond acceptors (Lipinski definition) is 5. The summed E-state index contributed by atoms with van der Waals surface area (Å²) in [4.78, 5) is 51.5. The first-order chi connectivity index (χ1) is 14.7. The molecule has 0 radical (unpaired) electrons. The second kappa shape index (κ2) is 9.62. The summed E-state index contributed by atoms with van der Waals surface area (Å²) in [6, 6.07) is 10.2. The third-order valence-electron chi connectivity index (χ3n) is 4.65. The highest BCUT2D eigenvalue weighted by Crippen LogP contribution is 2.28. The molecule has 0 aromatic heterocycles. The Morgan fingerprint density at radius 3 is 2.26 bits per heavy atom. The highest BCUT2D eigenvalue weighted by molar-refractivity contribution is 9.10. The largest absolute Gasteiger partial charge is 0.454 e. The molecule has 2 aromatic carbocycles. The minimum atomic E-state index is -1.13. The molecule has 0 aliphatic carbocycles. The molecule has 9 heteroatoms. The van der Waals surface area contributed by atoms with Crippen molar-refractivity contribution in [3.05, 3.63) is 63.1 Å². The van der Waals surface area contributed by atoms with Crippen molar-refractivity contribution in [2.75, 3.05) is 11.9 Å². The van der Waals surface area contributed by atoms with Gasteiger partial charge in [-0.1, -0.05) is 53.5 Å². The fourth-order valence-electron chi connectivity index (χ4n) is 3.25. The molecule has 0 saturated heterocycles. The Hall–Kier alpha value is -2.71. The quantitative estimate of drug-likeness (QED) is 0.446. The van der Waals surface area contributed by atoms with E-state index in [9.17, 15) is 19.2 Å². The molecule has 0 fully saturated rings. The second-order valence-corrected chi connectivity index (χ2v) is 8.77. The zero-order chi connectivity index (χ0) is 22.7. The summed E-state index contributed by atoms with van der Waals surface area (Å²) < 4.78 is 5.91. The fourth-order valence-corrected chi connectivity index (χ4v) is 3.98. The second-order valence-electron chi connectivity index (χ2n) is 7.45. The molecule has 0 unspecified atom stereocenters. The number of fused-ring (bicyclic) bond motifs is 1. The van der Waals surface area contributed by atoms with E-state index >= 15 is 0 Å². The average Bonchev–Trinajstić information content (AvgIpc) is 2.97. The van der Waals surface area contributed by atoms with Crippen LogP contribution in [-0.4, -0.2) is 41.2 Å². The Labute approximate surface area is 192 Å². The van der Waals surface area contributed by atoms with Crippen LogP contribution in [-0.2, 0) is 14.3 Å². The van der Waals surface area contributed by atoms with E-state index in [4.69, 9.17) is 16.3 Å². The van der Waals surface area contributed by atoms with E-state index in [-0.39, 0.29) is 23.5 Å². The van der Waals surface area contributed by atoms with Crippen LogP contribution in [0.25, 0.3) is 0 Å². The van der Waals surface area contributed by atoms with Crippen molar-refractivity contribution in [2.24, 2.45) is 5.92 Å². The van der Waals surface area contributed by atoms with Crippen molar-refractivity contribution in [1.29, 1.82) is 0 Å². The summed E-state index contributed by atoms with van der Waals surface area (Å²) in [7, 11) is 0. The van der Waals surface area contributed by atoms with Gasteiger partial charge in [0.1, 0.15) is 6.04 Å². The summed E-state index contributed by atoms with van der Waals surface area (Å²) in [5.41, 5.74) is 0.860. The zero-order valence-electron chi connectivity index (χ0n) is 16.9. The number of halogens is 2. The average molecular weight is 508 g/mol. The van der Waals surface area contributed by atoms with Crippen molar-refractivity contribution in [3.63, 3.8) is 0 Å². The summed E-state index contributed by atoms with van der Waals surface area (Å²) in [5.74, 6) is -2.51. The molecule has 7 nitrogen and oxygen atoms in total. The van der Waals surface area contributed by atoms with Gasteiger partial charge in [-0.15, -0.1) is 0 Å². The number of carbonyl (C=O) groups is 4. The lowest BCUT2D eigenvalue weighted by Crippen LogP contribution is -2.46. The van der Waals surface area contributed by atoms with Crippen LogP contribution >= 0.6 is 27.5 Å². The van der Waals surface area contributed by atoms with Gasteiger partial charge in [-0.2, -0.15) is 0 Å². The molecule has 0 saturated carbocycles. The van der Waals surface area contributed by atoms with Gasteiger partial charge in [-0.25, -0.2) is 4.79 Å². The lowest BCUT2D eigenvalue weighted by atomic mass is 10.0. The first-order valence-electron chi connectivity index (χ1n) is 9.57. The molecule has 31 heavy (non-hydrogen) atoms. The number of nitrogens with zero attached hydrogens (tertiary/aromatic N) is 1. The minimum absolute atomic E-state index is 0.00254. The van der Waals surface area contributed by atoms with E-state index in [2.05, 4.69) is 21.2 Å². The molecule has 1 aliphatic heterocycles. The SMILES string of the molecule is CC(C)C[C@@H](C(=O)OCC(=O)Nc1ccc(Br)cc1Cl)N1C(=O)c2ccccc2C1=O. The van der Waals surface area contributed by atoms with Crippen LogP contribution in [0, 0.1) is 5.92 Å². The van der Waals surface area contributed by atoms with Gasteiger partial charge in [-0.05, 0) is 42.7 Å². The number of anilines is 1. The van der Waals surface area contributed by atoms with Gasteiger partial charge in [0.25, 0.3) is 17.7 Å². The van der Waals surface area contributed by atoms with Gasteiger partial charge in [0, 0.05) is 4.47 Å². The molecule has 0 bridgehead atoms. The predicted molar refractivity (Wildman–Crippen MR) is 119 cm³/mol. The number of imide groups is 1. The van der Waals surface area contributed by atoms with Gasteiger partial charge in [0.15, 0.2) is 6.61 Å². The molecule has 1 N–H and O–H groups in total. The normalized spacial score (nSPS) is 13.9. The van der Waals surface area contributed by atoms with Crippen LogP contribution in [0.3, 0.4) is 0 Å². The lowest BCUT2D eigenvalue weighted by Gasteiger charge is -2.25. The van der Waals surface area contributed by atoms with Crippen LogP contribution in [0.5, 0.6) is 0 Å². The van der Waals surface area contributed by atoms with Crippen LogP contribution in [0.15, 0.2) is 46.9 Å². The van der Waals surface area contributed by atoms with E-state index in [0.717, 1.165) is 9.37 Å². The van der Waals surface area contributed by atoms with Gasteiger partial charge in [0.05, 0.1) is 21.8 Å². The van der Waals surface area contributed by atoms with E-state index in [0.29, 0.717) is 10.7 Å². The van der Waals surface area contributed by atoms with Gasteiger partial charge < -0.3 is 10.1 Å². The Bertz CT molecular complexity index is 1020. The standard InChI is InChI=1S/C22H20BrClN2O5/c1-12(2)9-18(26-20(28)14-5-3-4-6-15(14)21(26)29)22(30)31-11-19(27)25-17-8-7-13(23)10-16(17)24/h3-8,10,12,18H,9,11H2,1-2H3,(H,25,27)/t18-/m0/s1. The monoisotopic (exact) mass is 506 g/mol. The minimum Gasteiger partial charge on any atom is -0.454 e. The molecule has 0 spiro atoms. The summed E-state index contributed by atoms with van der Waals surface area (Å²) in [6.07, 6.45) is 0.213. The van der Waals surface area contributed by atoms with Gasteiger partial charge in [0.2, 0.25) is 0 Å². The maximum absolute atomic E-state index is 12.8. The lowest BCUT2D eigenvalue weighted by molar-refractivity contribution is -0.151. The maximum atomic E-state index is 12.8. The van der Waals surface area contributed by atoms with E-state index in [1.165, 1.54) is 0 Å². The van der Waals surface area contributed by atoms with E-state index < -0.39 is 36.3 Å². The summed E-state index contributed by atoms with van der Waals surface area (Å²) >= 11 is 9.35. The molecular formula is C22H20BrClN2O5. The van der Waals surface area contributed by atoms with Crippen molar-refractivity contribution < 1.29 is 23.9 Å². The van der Waals surface area contributed by atoms with Crippen LogP contribution < -0.4 is 5.32 Å².